The number of carboxylic acids is 1. The highest BCUT2D eigenvalue weighted by molar-refractivity contribution is 5.94. The van der Waals surface area contributed by atoms with Gasteiger partial charge in [-0.15, -0.1) is 0 Å². The first-order valence-corrected chi connectivity index (χ1v) is 4.98. The van der Waals surface area contributed by atoms with Crippen molar-refractivity contribution in [1.29, 1.82) is 0 Å². The van der Waals surface area contributed by atoms with Gasteiger partial charge >= 0.3 is 5.97 Å². The van der Waals surface area contributed by atoms with Gasteiger partial charge in [0.1, 0.15) is 5.75 Å². The normalized spacial score (nSPS) is 10.9. The highest BCUT2D eigenvalue weighted by atomic mass is 16.4. The minimum atomic E-state index is -0.996. The first-order chi connectivity index (χ1) is 7.80. The average Bonchev–Trinajstić information content (AvgIpc) is 2.14. The Labute approximate surface area is 98.3 Å². The number of hydrogen-bond acceptors (Lipinski definition) is 4. The minimum Gasteiger partial charge on any atom is -0.506 e. The molecule has 3 N–H and O–H groups in total. The van der Waals surface area contributed by atoms with E-state index in [2.05, 4.69) is 10.3 Å². The lowest BCUT2D eigenvalue weighted by molar-refractivity contribution is -0.138. The first kappa shape index (κ1) is 13.0. The van der Waals surface area contributed by atoms with Gasteiger partial charge in [-0.25, -0.2) is 0 Å². The summed E-state index contributed by atoms with van der Waals surface area (Å²) >= 11 is 0. The Morgan fingerprint density at radius 3 is 2.59 bits per heavy atom. The molecule has 6 heteroatoms. The number of carbonyl (C=O) groups is 2. The molecule has 0 unspecified atom stereocenters. The Balaban J connectivity index is 2.75. The molecule has 92 valence electrons. The fourth-order valence-electron chi connectivity index (χ4n) is 1.35. The predicted molar refractivity (Wildman–Crippen MR) is 59.7 cm³/mol. The monoisotopic (exact) mass is 238 g/mol. The van der Waals surface area contributed by atoms with E-state index in [1.165, 1.54) is 18.5 Å². The topological polar surface area (TPSA) is 99.5 Å². The van der Waals surface area contributed by atoms with Crippen LogP contribution in [0.5, 0.6) is 5.75 Å². The average molecular weight is 238 g/mol. The number of hydrogen-bond donors (Lipinski definition) is 3. The molecule has 0 atom stereocenters. The lowest BCUT2D eigenvalue weighted by atomic mass is 10.0. The molecule has 1 aromatic heterocycles. The van der Waals surface area contributed by atoms with Crippen LogP contribution in [0.2, 0.25) is 0 Å². The van der Waals surface area contributed by atoms with Crippen molar-refractivity contribution in [2.45, 2.75) is 25.8 Å². The predicted octanol–water partition coefficient (Wildman–Crippen LogP) is 0.770. The van der Waals surface area contributed by atoms with Crippen molar-refractivity contribution in [3.63, 3.8) is 0 Å². The number of carboxylic acid groups (broad SMARTS) is 1. The summed E-state index contributed by atoms with van der Waals surface area (Å²) in [5.74, 6) is -1.59. The number of aromatic nitrogens is 1. The third kappa shape index (κ3) is 4.10. The Bertz CT molecular complexity index is 443. The first-order valence-electron chi connectivity index (χ1n) is 4.98. The molecular formula is C11H14N2O4. The van der Waals surface area contributed by atoms with Gasteiger partial charge in [0.2, 0.25) is 0 Å². The van der Waals surface area contributed by atoms with Crippen molar-refractivity contribution >= 4 is 11.9 Å². The van der Waals surface area contributed by atoms with Gasteiger partial charge in [-0.2, -0.15) is 0 Å². The maximum atomic E-state index is 11.7. The van der Waals surface area contributed by atoms with Gasteiger partial charge in [0.25, 0.3) is 5.91 Å². The summed E-state index contributed by atoms with van der Waals surface area (Å²) in [5, 5.41) is 20.4. The van der Waals surface area contributed by atoms with Crippen LogP contribution in [0.4, 0.5) is 0 Å². The number of amides is 1. The number of aliphatic carboxylic acids is 1. The molecule has 1 amide bonds. The zero-order valence-corrected chi connectivity index (χ0v) is 9.60. The summed E-state index contributed by atoms with van der Waals surface area (Å²) in [6.45, 7) is 3.21. The molecule has 0 saturated carbocycles. The summed E-state index contributed by atoms with van der Waals surface area (Å²) in [7, 11) is 0. The second-order valence-corrected chi connectivity index (χ2v) is 4.34. The minimum absolute atomic E-state index is 0.117. The molecule has 1 rings (SSSR count). The van der Waals surface area contributed by atoms with Gasteiger partial charge in [-0.1, -0.05) is 0 Å². The van der Waals surface area contributed by atoms with Crippen molar-refractivity contribution in [3.8, 4) is 5.75 Å². The molecule has 17 heavy (non-hydrogen) atoms. The van der Waals surface area contributed by atoms with Crippen molar-refractivity contribution in [2.75, 3.05) is 0 Å². The molecule has 1 heterocycles. The highest BCUT2D eigenvalue weighted by Gasteiger charge is 2.24. The summed E-state index contributed by atoms with van der Waals surface area (Å²) in [4.78, 5) is 26.0. The lowest BCUT2D eigenvalue weighted by Gasteiger charge is -2.24. The quantitative estimate of drug-likeness (QED) is 0.719. The molecule has 0 fully saturated rings. The maximum Gasteiger partial charge on any atom is 0.305 e. The third-order valence-electron chi connectivity index (χ3n) is 2.03. The smallest absolute Gasteiger partial charge is 0.305 e. The Morgan fingerprint density at radius 1 is 1.41 bits per heavy atom. The van der Waals surface area contributed by atoms with E-state index in [4.69, 9.17) is 10.2 Å². The number of pyridine rings is 1. The Kier molecular flexibility index (Phi) is 3.67. The van der Waals surface area contributed by atoms with Crippen LogP contribution in [0, 0.1) is 0 Å². The van der Waals surface area contributed by atoms with Crippen LogP contribution in [0.1, 0.15) is 30.6 Å². The number of nitrogens with zero attached hydrogens (tertiary/aromatic N) is 1. The van der Waals surface area contributed by atoms with E-state index in [1.807, 2.05) is 0 Å². The summed E-state index contributed by atoms with van der Waals surface area (Å²) in [6, 6.07) is 1.26. The van der Waals surface area contributed by atoms with Gasteiger partial charge in [-0.05, 0) is 19.9 Å². The van der Waals surface area contributed by atoms with Gasteiger partial charge in [-0.3, -0.25) is 14.6 Å². The van der Waals surface area contributed by atoms with Crippen LogP contribution in [0.15, 0.2) is 18.5 Å². The van der Waals surface area contributed by atoms with Gasteiger partial charge in [0, 0.05) is 11.7 Å². The van der Waals surface area contributed by atoms with Gasteiger partial charge in [0.05, 0.1) is 18.2 Å². The van der Waals surface area contributed by atoms with Crippen molar-refractivity contribution < 1.29 is 19.8 Å². The molecule has 0 aliphatic heterocycles. The fraction of sp³-hybridized carbons (Fsp3) is 0.364. The summed E-state index contributed by atoms with van der Waals surface area (Å²) in [5.41, 5.74) is -0.683. The van der Waals surface area contributed by atoms with E-state index >= 15 is 0 Å². The second-order valence-electron chi connectivity index (χ2n) is 4.34. The zero-order valence-electron chi connectivity index (χ0n) is 9.60. The second kappa shape index (κ2) is 4.82. The zero-order chi connectivity index (χ0) is 13.1. The van der Waals surface area contributed by atoms with Crippen LogP contribution in [-0.2, 0) is 4.79 Å². The third-order valence-corrected chi connectivity index (χ3v) is 2.03. The molecule has 0 saturated heterocycles. The molecule has 6 nitrogen and oxygen atoms in total. The molecule has 0 bridgehead atoms. The van der Waals surface area contributed by atoms with Gasteiger partial charge in [0.15, 0.2) is 0 Å². The summed E-state index contributed by atoms with van der Waals surface area (Å²) in [6.07, 6.45) is 2.32. The number of aromatic hydroxyl groups is 1. The van der Waals surface area contributed by atoms with Crippen LogP contribution in [0.3, 0.4) is 0 Å². The largest absolute Gasteiger partial charge is 0.506 e. The molecule has 0 radical (unpaired) electrons. The van der Waals surface area contributed by atoms with E-state index < -0.39 is 17.4 Å². The van der Waals surface area contributed by atoms with E-state index in [9.17, 15) is 9.59 Å². The van der Waals surface area contributed by atoms with E-state index in [-0.39, 0.29) is 17.7 Å². The number of carbonyl (C=O) groups excluding carboxylic acids is 1. The maximum absolute atomic E-state index is 11.7. The van der Waals surface area contributed by atoms with Crippen LogP contribution in [0.25, 0.3) is 0 Å². The van der Waals surface area contributed by atoms with Crippen molar-refractivity contribution in [3.05, 3.63) is 24.0 Å². The number of rotatable bonds is 4. The standard InChI is InChI=1S/C11H14N2O4/c1-11(2,4-9(15)16)13-10(17)7-3-8(14)6-12-5-7/h3,5-6,14H,4H2,1-2H3,(H,13,17)(H,15,16). The van der Waals surface area contributed by atoms with Crippen LogP contribution >= 0.6 is 0 Å². The number of nitrogens with one attached hydrogen (secondary N) is 1. The van der Waals surface area contributed by atoms with Crippen molar-refractivity contribution in [2.24, 2.45) is 0 Å². The van der Waals surface area contributed by atoms with Gasteiger partial charge < -0.3 is 15.5 Å². The fourth-order valence-corrected chi connectivity index (χ4v) is 1.35. The molecule has 0 aliphatic carbocycles. The van der Waals surface area contributed by atoms with Crippen molar-refractivity contribution in [1.82, 2.24) is 10.3 Å². The highest BCUT2D eigenvalue weighted by Crippen LogP contribution is 2.12. The Hall–Kier alpha value is -2.11. The molecule has 0 aromatic carbocycles. The molecule has 0 spiro atoms. The van der Waals surface area contributed by atoms with Crippen LogP contribution in [-0.4, -0.2) is 32.6 Å². The van der Waals surface area contributed by atoms with Crippen LogP contribution < -0.4 is 5.32 Å². The molecule has 1 aromatic rings. The SMILES string of the molecule is CC(C)(CC(=O)O)NC(=O)c1cncc(O)c1. The lowest BCUT2D eigenvalue weighted by Crippen LogP contribution is -2.44. The molecular weight excluding hydrogens is 224 g/mol. The van der Waals surface area contributed by atoms with E-state index in [0.717, 1.165) is 0 Å². The summed E-state index contributed by atoms with van der Waals surface area (Å²) < 4.78 is 0. The van der Waals surface area contributed by atoms with E-state index in [0.29, 0.717) is 0 Å². The van der Waals surface area contributed by atoms with E-state index in [1.54, 1.807) is 13.8 Å². The Morgan fingerprint density at radius 2 is 2.06 bits per heavy atom. The molecule has 0 aliphatic rings.